The van der Waals surface area contributed by atoms with Crippen LogP contribution in [-0.2, 0) is 38.1 Å². The molecule has 2 bridgehead atoms. The number of rotatable bonds is 10. The molecule has 7 rings (SSSR count). The van der Waals surface area contributed by atoms with Gasteiger partial charge in [-0.15, -0.1) is 0 Å². The van der Waals surface area contributed by atoms with Crippen LogP contribution in [0.25, 0.3) is 0 Å². The number of nitrogens with one attached hydrogen (secondary N) is 1. The fourth-order valence-corrected chi connectivity index (χ4v) is 10.1. The minimum atomic E-state index is -2.35. The Bertz CT molecular complexity index is 2210. The predicted octanol–water partition coefficient (Wildman–Crippen LogP) is 3.62. The highest BCUT2D eigenvalue weighted by Gasteiger charge is 2.77. The van der Waals surface area contributed by atoms with Gasteiger partial charge in [0, 0.05) is 36.7 Å². The number of carbonyl (C=O) groups is 6. The maximum absolute atomic E-state index is 15.3. The molecule has 1 aliphatic heterocycles. The summed E-state index contributed by atoms with van der Waals surface area (Å²) in [5, 5.41) is 40.0. The van der Waals surface area contributed by atoms with Gasteiger partial charge >= 0.3 is 17.9 Å². The molecule has 0 radical (unpaired) electrons. The van der Waals surface area contributed by atoms with Gasteiger partial charge in [0.2, 0.25) is 0 Å². The van der Waals surface area contributed by atoms with Gasteiger partial charge in [-0.1, -0.05) is 80.6 Å². The molecule has 4 N–H and O–H groups in total. The largest absolute Gasteiger partial charge is 0.456 e. The fraction of sp³-hybridized carbons (Fsp3) is 0.435. The Balaban J connectivity index is 1.37. The van der Waals surface area contributed by atoms with Gasteiger partial charge in [-0.2, -0.15) is 0 Å². The monoisotopic (exact) mass is 823 g/mol. The number of esters is 3. The molecule has 14 nitrogen and oxygen atoms in total. The summed E-state index contributed by atoms with van der Waals surface area (Å²) in [5.74, 6) is -5.89. The molecule has 3 aromatic rings. The summed E-state index contributed by atoms with van der Waals surface area (Å²) in [7, 11) is 0. The van der Waals surface area contributed by atoms with Gasteiger partial charge < -0.3 is 44.4 Å². The number of hydrogen-bond acceptors (Lipinski definition) is 13. The smallest absolute Gasteiger partial charge is 0.338 e. The van der Waals surface area contributed by atoms with Crippen molar-refractivity contribution in [1.29, 1.82) is 0 Å². The molecule has 0 unspecified atom stereocenters. The molecule has 3 aliphatic carbocycles. The lowest BCUT2D eigenvalue weighted by atomic mass is 9.42. The first-order chi connectivity index (χ1) is 28.4. The number of aliphatic hydroxyl groups excluding tert-OH is 2. The topological polar surface area (TPSA) is 212 Å². The van der Waals surface area contributed by atoms with Gasteiger partial charge in [-0.25, -0.2) is 9.59 Å². The number of hydrogen-bond donors (Lipinski definition) is 4. The summed E-state index contributed by atoms with van der Waals surface area (Å²) in [6.45, 7) is 6.94. The molecule has 3 fully saturated rings. The van der Waals surface area contributed by atoms with Crippen LogP contribution < -0.4 is 5.32 Å². The predicted molar refractivity (Wildman–Crippen MR) is 212 cm³/mol. The summed E-state index contributed by atoms with van der Waals surface area (Å²) in [4.78, 5) is 83.5. The van der Waals surface area contributed by atoms with Crippen molar-refractivity contribution in [3.63, 3.8) is 0 Å². The van der Waals surface area contributed by atoms with Crippen molar-refractivity contribution < 1.29 is 63.0 Å². The van der Waals surface area contributed by atoms with Crippen LogP contribution in [0.15, 0.2) is 102 Å². The number of aldehydes is 1. The molecular formula is C46H49NO13. The Morgan fingerprint density at radius 3 is 2.02 bits per heavy atom. The molecule has 0 aromatic heterocycles. The highest BCUT2D eigenvalue weighted by atomic mass is 16.6. The number of ether oxygens (including phenoxy) is 4. The molecule has 3 aromatic carbocycles. The van der Waals surface area contributed by atoms with E-state index in [0.717, 1.165) is 6.92 Å². The average Bonchev–Trinajstić information content (AvgIpc) is 3.23. The highest BCUT2D eigenvalue weighted by molar-refractivity contribution is 5.96. The van der Waals surface area contributed by atoms with Gasteiger partial charge in [0.15, 0.2) is 18.0 Å². The van der Waals surface area contributed by atoms with Crippen LogP contribution in [0.1, 0.15) is 79.8 Å². The first-order valence-corrected chi connectivity index (χ1v) is 19.9. The van der Waals surface area contributed by atoms with E-state index in [0.29, 0.717) is 11.8 Å². The average molecular weight is 824 g/mol. The van der Waals surface area contributed by atoms with Gasteiger partial charge in [0.05, 0.1) is 41.3 Å². The van der Waals surface area contributed by atoms with Crippen LogP contribution in [0.3, 0.4) is 0 Å². The van der Waals surface area contributed by atoms with Gasteiger partial charge in [-0.3, -0.25) is 14.4 Å². The summed E-state index contributed by atoms with van der Waals surface area (Å²) >= 11 is 0. The molecule has 14 heteroatoms. The third kappa shape index (κ3) is 6.75. The molecule has 11 atom stereocenters. The Kier molecular flexibility index (Phi) is 11.2. The number of amides is 1. The molecule has 1 amide bonds. The Hall–Kier alpha value is -5.54. The van der Waals surface area contributed by atoms with Gasteiger partial charge in [-0.05, 0) is 54.8 Å². The number of ketones is 1. The van der Waals surface area contributed by atoms with E-state index >= 15 is 4.79 Å². The summed E-state index contributed by atoms with van der Waals surface area (Å²) in [5.41, 5.74) is -6.63. The number of fused-ring (bicyclic) bond motifs is 5. The molecule has 2 saturated carbocycles. The maximum Gasteiger partial charge on any atom is 0.338 e. The van der Waals surface area contributed by atoms with E-state index in [-0.39, 0.29) is 35.3 Å². The zero-order chi connectivity index (χ0) is 43.4. The van der Waals surface area contributed by atoms with Crippen LogP contribution >= 0.6 is 0 Å². The lowest BCUT2D eigenvalue weighted by Crippen LogP contribution is -2.78. The van der Waals surface area contributed by atoms with E-state index in [1.807, 2.05) is 0 Å². The second-order valence-electron chi connectivity index (χ2n) is 17.0. The lowest BCUT2D eigenvalue weighted by Gasteiger charge is -2.67. The molecule has 316 valence electrons. The fourth-order valence-electron chi connectivity index (χ4n) is 10.1. The van der Waals surface area contributed by atoms with Crippen molar-refractivity contribution in [3.05, 3.63) is 119 Å². The standard InChI is InChI=1S/C46H49NO13/c1-25-30(59-42(55)35(51)34(27-15-9-6-10-16-27)47-40(53)28-17-11-7-12-18-28)22-46(56)39(60-41(54)29-19-13-8-14-20-29)37-44(5,31(50)21-32-45(37,23-48)24-57-32)38(52)36(58-26(2)49)33(25)43(46,3)4/h6-20,23,30-32,34-37,39,50-51,56H,21-22,24H2,1-5H3,(H,47,53)/t30-,31-,32+,34-,35+,36+,37-,39-,44+,45+,46+/m0/s1. The van der Waals surface area contributed by atoms with Gasteiger partial charge in [0.25, 0.3) is 5.91 Å². The van der Waals surface area contributed by atoms with Crippen molar-refractivity contribution in [2.24, 2.45) is 22.2 Å². The zero-order valence-corrected chi connectivity index (χ0v) is 33.9. The molecule has 1 heterocycles. The summed E-state index contributed by atoms with van der Waals surface area (Å²) in [6, 6.07) is 23.0. The second-order valence-corrected chi connectivity index (χ2v) is 17.0. The number of carbonyl (C=O) groups excluding carboxylic acids is 6. The quantitative estimate of drug-likeness (QED) is 0.0998. The molecule has 60 heavy (non-hydrogen) atoms. The Labute approximate surface area is 346 Å². The van der Waals surface area contributed by atoms with Crippen molar-refractivity contribution in [1.82, 2.24) is 5.32 Å². The van der Waals surface area contributed by atoms with Crippen LogP contribution in [0, 0.1) is 22.2 Å². The SMILES string of the molecule is CC(=O)O[C@H]1C(=O)[C@@]2(C)[C@H]([C@H](OC(=O)c3ccccc3)[C@]3(O)C[C@H](OC(=O)[C@H](O)[C@@H](NC(=O)c4ccccc4)c4ccccc4)C(C)=C1C3(C)C)[C@]1(C=O)CO[C@@H]1C[C@@H]2O. The van der Waals surface area contributed by atoms with E-state index in [2.05, 4.69) is 5.32 Å². The van der Waals surface area contributed by atoms with Crippen molar-refractivity contribution in [3.8, 4) is 0 Å². The van der Waals surface area contributed by atoms with Gasteiger partial charge in [0.1, 0.15) is 24.1 Å². The van der Waals surface area contributed by atoms with Crippen LogP contribution in [0.2, 0.25) is 0 Å². The van der Waals surface area contributed by atoms with E-state index in [1.54, 1.807) is 92.7 Å². The minimum absolute atomic E-state index is 0.0144. The zero-order valence-electron chi connectivity index (χ0n) is 33.9. The number of Topliss-reactive ketones (excluding diaryl/α,β-unsaturated/α-hetero) is 1. The van der Waals surface area contributed by atoms with Crippen LogP contribution in [0.5, 0.6) is 0 Å². The Morgan fingerprint density at radius 1 is 0.883 bits per heavy atom. The normalized spacial score (nSPS) is 32.6. The molecular weight excluding hydrogens is 774 g/mol. The van der Waals surface area contributed by atoms with E-state index in [1.165, 1.54) is 26.0 Å². The number of benzene rings is 3. The Morgan fingerprint density at radius 2 is 1.47 bits per heavy atom. The van der Waals surface area contributed by atoms with E-state index in [9.17, 15) is 39.3 Å². The maximum atomic E-state index is 15.3. The van der Waals surface area contributed by atoms with Crippen molar-refractivity contribution in [2.45, 2.75) is 95.7 Å². The first kappa shape index (κ1) is 42.6. The van der Waals surface area contributed by atoms with Crippen molar-refractivity contribution >= 4 is 35.9 Å². The number of aliphatic hydroxyl groups is 3. The molecule has 0 spiro atoms. The van der Waals surface area contributed by atoms with Crippen molar-refractivity contribution in [2.75, 3.05) is 6.61 Å². The molecule has 4 aliphatic rings. The summed E-state index contributed by atoms with van der Waals surface area (Å²) < 4.78 is 24.0. The van der Waals surface area contributed by atoms with Crippen LogP contribution in [0.4, 0.5) is 0 Å². The highest BCUT2D eigenvalue weighted by Crippen LogP contribution is 2.65. The minimum Gasteiger partial charge on any atom is -0.456 e. The second kappa shape index (κ2) is 15.8. The van der Waals surface area contributed by atoms with Crippen LogP contribution in [-0.4, -0.2) is 100 Å². The first-order valence-electron chi connectivity index (χ1n) is 19.9. The lowest BCUT2D eigenvalue weighted by molar-refractivity contribution is -0.303. The third-order valence-electron chi connectivity index (χ3n) is 13.5. The molecule has 1 saturated heterocycles. The third-order valence-corrected chi connectivity index (χ3v) is 13.5. The van der Waals surface area contributed by atoms with E-state index < -0.39 is 106 Å². The summed E-state index contributed by atoms with van der Waals surface area (Å²) in [6.07, 6.45) is -9.57. The van der Waals surface area contributed by atoms with E-state index in [4.69, 9.17) is 18.9 Å².